The summed E-state index contributed by atoms with van der Waals surface area (Å²) >= 11 is 0. The van der Waals surface area contributed by atoms with E-state index in [1.807, 2.05) is 18.2 Å². The normalized spacial score (nSPS) is 30.7. The van der Waals surface area contributed by atoms with Gasteiger partial charge >= 0.3 is 0 Å². The Morgan fingerprint density at radius 1 is 0.944 bits per heavy atom. The lowest BCUT2D eigenvalue weighted by Crippen LogP contribution is -2.48. The molecule has 0 aromatic carbocycles. The summed E-state index contributed by atoms with van der Waals surface area (Å²) in [7, 11) is 0. The Balaban J connectivity index is 3.00. The van der Waals surface area contributed by atoms with E-state index in [9.17, 15) is 0 Å². The average molecular weight is 248 g/mol. The Labute approximate surface area is 112 Å². The van der Waals surface area contributed by atoms with Crippen LogP contribution in [0.15, 0.2) is 38.0 Å². The van der Waals surface area contributed by atoms with Crippen molar-refractivity contribution < 1.29 is 0 Å². The van der Waals surface area contributed by atoms with Crippen molar-refractivity contribution in [2.75, 3.05) is 6.54 Å². The van der Waals surface area contributed by atoms with Crippen LogP contribution in [0.3, 0.4) is 0 Å². The van der Waals surface area contributed by atoms with Crippen molar-refractivity contribution in [2.45, 2.75) is 44.6 Å². The molecule has 102 valence electrons. The summed E-state index contributed by atoms with van der Waals surface area (Å²) in [6, 6.07) is 0.224. The zero-order valence-electron chi connectivity index (χ0n) is 11.5. The van der Waals surface area contributed by atoms with E-state index in [0.717, 1.165) is 38.5 Å². The first-order valence-corrected chi connectivity index (χ1v) is 6.84. The molecule has 1 aliphatic rings. The molecule has 2 atom stereocenters. The van der Waals surface area contributed by atoms with E-state index in [4.69, 9.17) is 11.5 Å². The van der Waals surface area contributed by atoms with E-state index in [-0.39, 0.29) is 16.9 Å². The largest absolute Gasteiger partial charge is 0.330 e. The van der Waals surface area contributed by atoms with Crippen molar-refractivity contribution in [3.05, 3.63) is 38.0 Å². The minimum atomic E-state index is 0.117. The summed E-state index contributed by atoms with van der Waals surface area (Å²) in [4.78, 5) is 0. The third-order valence-electron chi connectivity index (χ3n) is 4.31. The Bertz CT molecular complexity index is 298. The van der Waals surface area contributed by atoms with E-state index in [2.05, 4.69) is 19.7 Å². The highest BCUT2D eigenvalue weighted by atomic mass is 14.7. The minimum Gasteiger partial charge on any atom is -0.330 e. The van der Waals surface area contributed by atoms with Gasteiger partial charge in [-0.3, -0.25) is 0 Å². The molecule has 0 amide bonds. The van der Waals surface area contributed by atoms with Gasteiger partial charge in [-0.15, -0.1) is 19.7 Å². The summed E-state index contributed by atoms with van der Waals surface area (Å²) in [6.07, 6.45) is 12.1. The molecule has 4 N–H and O–H groups in total. The molecule has 18 heavy (non-hydrogen) atoms. The van der Waals surface area contributed by atoms with Gasteiger partial charge in [0.05, 0.1) is 0 Å². The fourth-order valence-electron chi connectivity index (χ4n) is 3.83. The van der Waals surface area contributed by atoms with Crippen molar-refractivity contribution in [3.63, 3.8) is 0 Å². The van der Waals surface area contributed by atoms with Crippen LogP contribution in [0, 0.1) is 10.8 Å². The topological polar surface area (TPSA) is 52.0 Å². The Morgan fingerprint density at radius 2 is 1.39 bits per heavy atom. The molecule has 1 fully saturated rings. The Hall–Kier alpha value is -0.860. The number of hydrogen-bond donors (Lipinski definition) is 2. The summed E-state index contributed by atoms with van der Waals surface area (Å²) in [6.45, 7) is 12.4. The van der Waals surface area contributed by atoms with Crippen molar-refractivity contribution in [1.29, 1.82) is 0 Å². The van der Waals surface area contributed by atoms with Crippen LogP contribution in [0.4, 0.5) is 0 Å². The maximum atomic E-state index is 6.29. The Morgan fingerprint density at radius 3 is 1.83 bits per heavy atom. The van der Waals surface area contributed by atoms with Crippen molar-refractivity contribution in [1.82, 2.24) is 0 Å². The molecule has 1 saturated carbocycles. The van der Waals surface area contributed by atoms with Crippen LogP contribution in [-0.4, -0.2) is 12.6 Å². The minimum absolute atomic E-state index is 0.117. The summed E-state index contributed by atoms with van der Waals surface area (Å²) < 4.78 is 0. The van der Waals surface area contributed by atoms with Crippen LogP contribution >= 0.6 is 0 Å². The van der Waals surface area contributed by atoms with Crippen LogP contribution in [-0.2, 0) is 0 Å². The number of allylic oxidation sites excluding steroid dienone is 3. The summed E-state index contributed by atoms with van der Waals surface area (Å²) in [5.74, 6) is 0. The first-order valence-electron chi connectivity index (χ1n) is 6.84. The SMILES string of the molecule is C=CCC1(CN)CC(N)CC(CC=C)(CC=C)C1. The molecule has 0 aromatic rings. The van der Waals surface area contributed by atoms with Gasteiger partial charge in [-0.25, -0.2) is 0 Å². The third kappa shape index (κ3) is 3.33. The molecule has 2 unspecified atom stereocenters. The standard InChI is InChI=1S/C16H28N2/c1-4-7-15(8-5-2)10-14(18)11-16(12-15,13-17)9-6-3/h4-6,14H,1-3,7-13,17-18H2. The average Bonchev–Trinajstić information content (AvgIpc) is 2.29. The monoisotopic (exact) mass is 248 g/mol. The van der Waals surface area contributed by atoms with Gasteiger partial charge in [-0.2, -0.15) is 0 Å². The van der Waals surface area contributed by atoms with E-state index in [1.165, 1.54) is 0 Å². The predicted octanol–water partition coefficient (Wildman–Crippen LogP) is 3.16. The van der Waals surface area contributed by atoms with Crippen molar-refractivity contribution in [3.8, 4) is 0 Å². The number of rotatable bonds is 7. The first-order chi connectivity index (χ1) is 8.55. The lowest BCUT2D eigenvalue weighted by Gasteiger charge is -2.49. The van der Waals surface area contributed by atoms with Gasteiger partial charge in [0.1, 0.15) is 0 Å². The molecule has 0 aliphatic heterocycles. The van der Waals surface area contributed by atoms with E-state index in [1.54, 1.807) is 0 Å². The zero-order valence-corrected chi connectivity index (χ0v) is 11.5. The lowest BCUT2D eigenvalue weighted by atomic mass is 9.57. The van der Waals surface area contributed by atoms with Gasteiger partial charge in [0.15, 0.2) is 0 Å². The maximum Gasteiger partial charge on any atom is 0.00502 e. The first kappa shape index (κ1) is 15.2. The van der Waals surface area contributed by atoms with Gasteiger partial charge in [0.25, 0.3) is 0 Å². The third-order valence-corrected chi connectivity index (χ3v) is 4.31. The highest BCUT2D eigenvalue weighted by molar-refractivity contribution is 5.05. The smallest absolute Gasteiger partial charge is 0.00502 e. The van der Waals surface area contributed by atoms with E-state index in [0.29, 0.717) is 6.54 Å². The zero-order chi connectivity index (χ0) is 13.6. The lowest BCUT2D eigenvalue weighted by molar-refractivity contribution is 0.0540. The van der Waals surface area contributed by atoms with Crippen LogP contribution < -0.4 is 11.5 Å². The quantitative estimate of drug-likeness (QED) is 0.680. The molecule has 0 heterocycles. The van der Waals surface area contributed by atoms with Gasteiger partial charge in [-0.1, -0.05) is 18.2 Å². The fourth-order valence-corrected chi connectivity index (χ4v) is 3.83. The molecule has 0 aromatic heterocycles. The highest BCUT2D eigenvalue weighted by Crippen LogP contribution is 2.51. The van der Waals surface area contributed by atoms with Gasteiger partial charge < -0.3 is 11.5 Å². The van der Waals surface area contributed by atoms with Gasteiger partial charge in [0, 0.05) is 6.04 Å². The van der Waals surface area contributed by atoms with E-state index < -0.39 is 0 Å². The molecule has 2 nitrogen and oxygen atoms in total. The van der Waals surface area contributed by atoms with Crippen LogP contribution in [0.5, 0.6) is 0 Å². The van der Waals surface area contributed by atoms with E-state index >= 15 is 0 Å². The van der Waals surface area contributed by atoms with Crippen LogP contribution in [0.25, 0.3) is 0 Å². The molecular weight excluding hydrogens is 220 g/mol. The van der Waals surface area contributed by atoms with Gasteiger partial charge in [-0.05, 0) is 55.9 Å². The summed E-state index contributed by atoms with van der Waals surface area (Å²) in [5, 5.41) is 0. The number of nitrogens with two attached hydrogens (primary N) is 2. The van der Waals surface area contributed by atoms with Crippen LogP contribution in [0.2, 0.25) is 0 Å². The summed E-state index contributed by atoms with van der Waals surface area (Å²) in [5.41, 5.74) is 12.7. The second-order valence-corrected chi connectivity index (χ2v) is 6.03. The van der Waals surface area contributed by atoms with Gasteiger partial charge in [0.2, 0.25) is 0 Å². The molecule has 1 aliphatic carbocycles. The molecule has 0 radical (unpaired) electrons. The number of hydrogen-bond acceptors (Lipinski definition) is 2. The highest BCUT2D eigenvalue weighted by Gasteiger charge is 2.44. The molecule has 0 saturated heterocycles. The van der Waals surface area contributed by atoms with Crippen molar-refractivity contribution in [2.24, 2.45) is 22.3 Å². The second kappa shape index (κ2) is 6.35. The molecule has 1 rings (SSSR count). The fraction of sp³-hybridized carbons (Fsp3) is 0.625. The molecular formula is C16H28N2. The van der Waals surface area contributed by atoms with Crippen LogP contribution in [0.1, 0.15) is 38.5 Å². The molecule has 0 spiro atoms. The molecule has 0 bridgehead atoms. The molecule has 2 heteroatoms. The second-order valence-electron chi connectivity index (χ2n) is 6.03. The van der Waals surface area contributed by atoms with Crippen molar-refractivity contribution >= 4 is 0 Å². The Kier molecular flexibility index (Phi) is 5.36. The predicted molar refractivity (Wildman–Crippen MR) is 80.2 cm³/mol. The maximum absolute atomic E-state index is 6.29.